The van der Waals surface area contributed by atoms with E-state index in [2.05, 4.69) is 18.2 Å². The maximum absolute atomic E-state index is 14.1. The third kappa shape index (κ3) is 4.23. The van der Waals surface area contributed by atoms with Gasteiger partial charge in [-0.1, -0.05) is 59.9 Å². The van der Waals surface area contributed by atoms with E-state index in [4.69, 9.17) is 14.1 Å². The van der Waals surface area contributed by atoms with E-state index in [-0.39, 0.29) is 17.2 Å². The molecule has 3 aromatic carbocycles. The number of hydrogen-bond acceptors (Lipinski definition) is 6. The number of methoxy groups -OCH3 is 1. The number of ether oxygens (including phenoxy) is 1. The lowest BCUT2D eigenvalue weighted by molar-refractivity contribution is 0.0697. The monoisotopic (exact) mass is 574 g/mol. The third-order valence-corrected chi connectivity index (χ3v) is 8.94. The topological polar surface area (TPSA) is 94.0 Å². The van der Waals surface area contributed by atoms with Crippen molar-refractivity contribution in [3.8, 4) is 17.1 Å². The van der Waals surface area contributed by atoms with Crippen LogP contribution in [0.1, 0.15) is 50.8 Å². The van der Waals surface area contributed by atoms with Crippen molar-refractivity contribution in [3.05, 3.63) is 138 Å². The molecule has 5 aromatic rings. The van der Waals surface area contributed by atoms with Crippen molar-refractivity contribution in [3.63, 3.8) is 0 Å². The van der Waals surface area contributed by atoms with Crippen LogP contribution in [0.15, 0.2) is 98.6 Å². The number of allylic oxidation sites excluding steroid dienone is 1. The lowest BCUT2D eigenvalue weighted by atomic mass is 9.83. The lowest BCUT2D eigenvalue weighted by Crippen LogP contribution is -2.38. The summed E-state index contributed by atoms with van der Waals surface area (Å²) in [6.45, 7) is 1.90. The number of furan rings is 1. The Balaban J connectivity index is 1.40. The first kappa shape index (κ1) is 26.0. The molecule has 0 fully saturated rings. The highest BCUT2D eigenvalue weighted by Crippen LogP contribution is 2.43. The van der Waals surface area contributed by atoms with Crippen LogP contribution in [-0.4, -0.2) is 22.8 Å². The summed E-state index contributed by atoms with van der Waals surface area (Å²) < 4.78 is 14.2. The molecule has 1 aliphatic carbocycles. The molecule has 7 nitrogen and oxygen atoms in total. The number of carboxylic acid groups (broad SMARTS) is 1. The summed E-state index contributed by atoms with van der Waals surface area (Å²) in [7, 11) is 1.65. The van der Waals surface area contributed by atoms with Gasteiger partial charge in [0.15, 0.2) is 4.80 Å². The summed E-state index contributed by atoms with van der Waals surface area (Å²) in [6.07, 6.45) is 3.40. The Labute approximate surface area is 245 Å². The molecule has 0 saturated heterocycles. The normalized spacial score (nSPS) is 16.0. The fraction of sp³-hybridized carbons (Fsp3) is 0.147. The van der Waals surface area contributed by atoms with Gasteiger partial charge in [-0.15, -0.1) is 0 Å². The summed E-state index contributed by atoms with van der Waals surface area (Å²) in [5, 5.41) is 9.43. The molecular formula is C34H26N2O5S. The van der Waals surface area contributed by atoms with Gasteiger partial charge in [0.2, 0.25) is 0 Å². The number of benzene rings is 3. The zero-order valence-electron chi connectivity index (χ0n) is 23.0. The summed E-state index contributed by atoms with van der Waals surface area (Å²) in [5.74, 6) is 0.755. The van der Waals surface area contributed by atoms with E-state index in [1.54, 1.807) is 48.1 Å². The van der Waals surface area contributed by atoms with Crippen molar-refractivity contribution in [1.82, 2.24) is 4.57 Å². The molecule has 1 N–H and O–H groups in total. The van der Waals surface area contributed by atoms with E-state index in [1.807, 2.05) is 37.3 Å². The predicted octanol–water partition coefficient (Wildman–Crippen LogP) is 5.59. The molecule has 2 aliphatic rings. The molecule has 7 rings (SSSR count). The first-order chi connectivity index (χ1) is 20.4. The quantitative estimate of drug-likeness (QED) is 0.295. The minimum absolute atomic E-state index is 0.151. The average Bonchev–Trinajstić information content (AvgIpc) is 3.60. The summed E-state index contributed by atoms with van der Waals surface area (Å²) in [4.78, 5) is 31.3. The second-order valence-electron chi connectivity index (χ2n) is 10.4. The number of nitrogens with zero attached hydrogens (tertiary/aromatic N) is 2. The van der Waals surface area contributed by atoms with Gasteiger partial charge in [0.05, 0.1) is 28.9 Å². The van der Waals surface area contributed by atoms with Crippen LogP contribution in [0.4, 0.5) is 0 Å². The Morgan fingerprint density at radius 1 is 1.05 bits per heavy atom. The van der Waals surface area contributed by atoms with Crippen molar-refractivity contribution in [2.75, 3.05) is 7.11 Å². The van der Waals surface area contributed by atoms with Crippen molar-refractivity contribution in [2.24, 2.45) is 4.99 Å². The number of carbonyl (C=O) groups is 1. The van der Waals surface area contributed by atoms with E-state index >= 15 is 0 Å². The van der Waals surface area contributed by atoms with Crippen molar-refractivity contribution >= 4 is 29.1 Å². The van der Waals surface area contributed by atoms with E-state index < -0.39 is 5.97 Å². The van der Waals surface area contributed by atoms with Gasteiger partial charge in [-0.25, -0.2) is 9.79 Å². The number of aromatic carboxylic acids is 1. The Morgan fingerprint density at radius 2 is 1.86 bits per heavy atom. The van der Waals surface area contributed by atoms with E-state index in [1.165, 1.54) is 16.9 Å². The minimum Gasteiger partial charge on any atom is -0.496 e. The Hall–Kier alpha value is -4.95. The molecule has 0 saturated carbocycles. The van der Waals surface area contributed by atoms with Crippen molar-refractivity contribution < 1.29 is 19.1 Å². The summed E-state index contributed by atoms with van der Waals surface area (Å²) >= 11 is 1.33. The molecule has 1 atom stereocenters. The van der Waals surface area contributed by atoms with Gasteiger partial charge in [0, 0.05) is 22.8 Å². The molecule has 1 unspecified atom stereocenters. The molecule has 0 bridgehead atoms. The van der Waals surface area contributed by atoms with Gasteiger partial charge in [0.25, 0.3) is 5.56 Å². The highest BCUT2D eigenvalue weighted by atomic mass is 32.1. The fourth-order valence-electron chi connectivity index (χ4n) is 5.92. The van der Waals surface area contributed by atoms with Gasteiger partial charge in [-0.05, 0) is 66.8 Å². The van der Waals surface area contributed by atoms with Gasteiger partial charge in [0.1, 0.15) is 17.3 Å². The molecule has 0 spiro atoms. The zero-order chi connectivity index (χ0) is 29.0. The maximum atomic E-state index is 14.1. The molecule has 8 heteroatoms. The van der Waals surface area contributed by atoms with E-state index in [0.29, 0.717) is 26.4 Å². The Kier molecular flexibility index (Phi) is 6.28. The number of hydrogen-bond donors (Lipinski definition) is 1. The molecule has 208 valence electrons. The maximum Gasteiger partial charge on any atom is 0.335 e. The van der Waals surface area contributed by atoms with Crippen molar-refractivity contribution in [1.29, 1.82) is 0 Å². The lowest BCUT2D eigenvalue weighted by Gasteiger charge is -2.31. The summed E-state index contributed by atoms with van der Waals surface area (Å²) in [6, 6.07) is 24.3. The second kappa shape index (κ2) is 10.2. The molecule has 3 heterocycles. The Morgan fingerprint density at radius 3 is 2.69 bits per heavy atom. The number of thiazole rings is 1. The average molecular weight is 575 g/mol. The fourth-order valence-corrected chi connectivity index (χ4v) is 6.90. The largest absolute Gasteiger partial charge is 0.496 e. The van der Waals surface area contributed by atoms with Crippen LogP contribution in [0.2, 0.25) is 0 Å². The molecular weight excluding hydrogens is 548 g/mol. The van der Waals surface area contributed by atoms with E-state index in [9.17, 15) is 14.7 Å². The highest BCUT2D eigenvalue weighted by Gasteiger charge is 2.34. The van der Waals surface area contributed by atoms with Gasteiger partial charge < -0.3 is 14.3 Å². The standard InChI is InChI=1S/C34H26N2O5S/c1-19-11-12-21(33(38)39)17-26(19)28-16-14-22(41-28)18-29-32(37)36-31(24-9-5-6-10-27(24)40-2)25-15-13-20-7-3-4-8-23(20)30(25)35-34(36)42-29/h3-12,14,16-18,31H,13,15H2,1-2H3,(H,38,39). The zero-order valence-corrected chi connectivity index (χ0v) is 23.8. The van der Waals surface area contributed by atoms with Gasteiger partial charge in [-0.2, -0.15) is 0 Å². The molecule has 0 radical (unpaired) electrons. The first-order valence-corrected chi connectivity index (χ1v) is 14.4. The number of carboxylic acids is 1. The second-order valence-corrected chi connectivity index (χ2v) is 11.4. The van der Waals surface area contributed by atoms with Crippen LogP contribution in [0, 0.1) is 6.92 Å². The SMILES string of the molecule is COc1ccccc1C1C2=C(N=c3sc(=Cc4ccc(-c5cc(C(=O)O)ccc5C)o4)c(=O)n31)c1ccccc1CC2. The van der Waals surface area contributed by atoms with Crippen LogP contribution >= 0.6 is 11.3 Å². The van der Waals surface area contributed by atoms with Crippen LogP contribution in [0.25, 0.3) is 23.1 Å². The number of para-hydroxylation sites is 1. The van der Waals surface area contributed by atoms with Gasteiger partial charge >= 0.3 is 5.97 Å². The van der Waals surface area contributed by atoms with Crippen LogP contribution in [-0.2, 0) is 6.42 Å². The number of aromatic nitrogens is 1. The molecule has 0 amide bonds. The van der Waals surface area contributed by atoms with Gasteiger partial charge in [-0.3, -0.25) is 9.36 Å². The highest BCUT2D eigenvalue weighted by molar-refractivity contribution is 7.07. The summed E-state index contributed by atoms with van der Waals surface area (Å²) in [5.41, 5.74) is 6.92. The minimum atomic E-state index is -1.00. The third-order valence-electron chi connectivity index (χ3n) is 7.96. The predicted molar refractivity (Wildman–Crippen MR) is 162 cm³/mol. The van der Waals surface area contributed by atoms with Crippen LogP contribution in [0.3, 0.4) is 0 Å². The first-order valence-electron chi connectivity index (χ1n) is 13.6. The van der Waals surface area contributed by atoms with Crippen LogP contribution in [0.5, 0.6) is 5.75 Å². The smallest absolute Gasteiger partial charge is 0.335 e. The number of rotatable bonds is 5. The number of fused-ring (bicyclic) bond motifs is 3. The molecule has 42 heavy (non-hydrogen) atoms. The van der Waals surface area contributed by atoms with Crippen molar-refractivity contribution in [2.45, 2.75) is 25.8 Å². The molecule has 1 aliphatic heterocycles. The van der Waals surface area contributed by atoms with Crippen LogP contribution < -0.4 is 19.6 Å². The van der Waals surface area contributed by atoms with E-state index in [0.717, 1.165) is 46.6 Å². The number of aryl methyl sites for hydroxylation is 2. The Bertz CT molecular complexity index is 2110. The molecule has 2 aromatic heterocycles.